The van der Waals surface area contributed by atoms with Gasteiger partial charge in [-0.15, -0.1) is 24.8 Å². The van der Waals surface area contributed by atoms with Crippen molar-refractivity contribution in [3.63, 3.8) is 0 Å². The maximum absolute atomic E-state index is 11.9. The van der Waals surface area contributed by atoms with E-state index in [0.29, 0.717) is 12.5 Å². The van der Waals surface area contributed by atoms with Crippen LogP contribution in [-0.2, 0) is 4.79 Å². The molecule has 0 aromatic carbocycles. The van der Waals surface area contributed by atoms with E-state index in [4.69, 9.17) is 5.73 Å². The molecule has 1 aliphatic heterocycles. The van der Waals surface area contributed by atoms with Crippen molar-refractivity contribution in [3.8, 4) is 0 Å². The summed E-state index contributed by atoms with van der Waals surface area (Å²) in [5, 5.41) is 0. The lowest BCUT2D eigenvalue weighted by molar-refractivity contribution is -0.130. The number of halogens is 2. The summed E-state index contributed by atoms with van der Waals surface area (Å²) in [5.41, 5.74) is 5.67. The van der Waals surface area contributed by atoms with Gasteiger partial charge >= 0.3 is 0 Å². The first kappa shape index (κ1) is 22.3. The summed E-state index contributed by atoms with van der Waals surface area (Å²) < 4.78 is 0. The van der Waals surface area contributed by atoms with E-state index in [9.17, 15) is 4.79 Å². The number of nitrogens with zero attached hydrogens (tertiary/aromatic N) is 2. The Hall–Kier alpha value is -0.0300. The van der Waals surface area contributed by atoms with Gasteiger partial charge in [0.05, 0.1) is 0 Å². The van der Waals surface area contributed by atoms with Crippen molar-refractivity contribution in [2.75, 3.05) is 27.2 Å². The highest BCUT2D eigenvalue weighted by molar-refractivity contribution is 5.85. The molecule has 0 aliphatic carbocycles. The molecular formula is C14H31Cl2N3O. The molecule has 122 valence electrons. The number of likely N-dealkylation sites (tertiary alicyclic amines) is 1. The minimum Gasteiger partial charge on any atom is -0.346 e. The van der Waals surface area contributed by atoms with Gasteiger partial charge in [-0.3, -0.25) is 4.79 Å². The number of rotatable bonds is 6. The van der Waals surface area contributed by atoms with Gasteiger partial charge in [0.2, 0.25) is 5.91 Å². The molecule has 2 unspecified atom stereocenters. The van der Waals surface area contributed by atoms with Crippen molar-refractivity contribution in [3.05, 3.63) is 0 Å². The Morgan fingerprint density at radius 1 is 1.40 bits per heavy atom. The average molecular weight is 328 g/mol. The zero-order chi connectivity index (χ0) is 13.5. The largest absolute Gasteiger partial charge is 0.346 e. The quantitative estimate of drug-likeness (QED) is 0.814. The highest BCUT2D eigenvalue weighted by Crippen LogP contribution is 2.18. The fraction of sp³-hybridized carbons (Fsp3) is 0.929. The fourth-order valence-electron chi connectivity index (χ4n) is 2.52. The maximum atomic E-state index is 11.9. The van der Waals surface area contributed by atoms with Crippen LogP contribution in [0.5, 0.6) is 0 Å². The molecule has 1 rings (SSSR count). The summed E-state index contributed by atoms with van der Waals surface area (Å²) in [5.74, 6) is 0.228. The van der Waals surface area contributed by atoms with Crippen LogP contribution < -0.4 is 5.73 Å². The smallest absolute Gasteiger partial charge is 0.222 e. The lowest BCUT2D eigenvalue weighted by Gasteiger charge is -2.33. The number of amides is 1. The Morgan fingerprint density at radius 2 is 2.05 bits per heavy atom. The van der Waals surface area contributed by atoms with E-state index >= 15 is 0 Å². The molecule has 4 nitrogen and oxygen atoms in total. The highest BCUT2D eigenvalue weighted by Gasteiger charge is 2.19. The van der Waals surface area contributed by atoms with Crippen LogP contribution in [0.3, 0.4) is 0 Å². The Morgan fingerprint density at radius 3 is 2.60 bits per heavy atom. The number of hydrogen-bond acceptors (Lipinski definition) is 3. The number of hydrogen-bond donors (Lipinski definition) is 1. The van der Waals surface area contributed by atoms with Crippen molar-refractivity contribution in [2.45, 2.75) is 57.5 Å². The predicted molar refractivity (Wildman–Crippen MR) is 89.9 cm³/mol. The summed E-state index contributed by atoms with van der Waals surface area (Å²) in [4.78, 5) is 16.2. The molecular weight excluding hydrogens is 297 g/mol. The second-order valence-electron chi connectivity index (χ2n) is 5.75. The number of carbonyl (C=O) groups is 1. The molecule has 1 amide bonds. The van der Waals surface area contributed by atoms with E-state index in [2.05, 4.69) is 11.9 Å². The molecule has 1 saturated heterocycles. The van der Waals surface area contributed by atoms with Crippen molar-refractivity contribution in [1.29, 1.82) is 0 Å². The molecule has 0 saturated carbocycles. The Labute approximate surface area is 136 Å². The topological polar surface area (TPSA) is 49.6 Å². The fourth-order valence-corrected chi connectivity index (χ4v) is 2.52. The third-order valence-electron chi connectivity index (χ3n) is 3.96. The van der Waals surface area contributed by atoms with Gasteiger partial charge in [-0.1, -0.05) is 6.42 Å². The molecule has 0 aromatic rings. The van der Waals surface area contributed by atoms with Crippen LogP contribution in [-0.4, -0.2) is 55.0 Å². The molecule has 1 heterocycles. The van der Waals surface area contributed by atoms with E-state index in [1.807, 2.05) is 18.9 Å². The van der Waals surface area contributed by atoms with Crippen LogP contribution in [0.15, 0.2) is 0 Å². The summed E-state index contributed by atoms with van der Waals surface area (Å²) in [6, 6.07) is 0.772. The second-order valence-corrected chi connectivity index (χ2v) is 5.75. The summed E-state index contributed by atoms with van der Waals surface area (Å²) >= 11 is 0. The number of carbonyl (C=O) groups excluding carboxylic acids is 1. The first-order chi connectivity index (χ1) is 8.50. The Balaban J connectivity index is 0. The van der Waals surface area contributed by atoms with Crippen LogP contribution in [0.25, 0.3) is 0 Å². The molecule has 2 N–H and O–H groups in total. The van der Waals surface area contributed by atoms with Crippen molar-refractivity contribution in [1.82, 2.24) is 9.80 Å². The SMILES string of the molecule is CC(N)CCC(=O)N(C)CCC1CCCCN1C.Cl.Cl. The molecule has 1 fully saturated rings. The Bertz CT molecular complexity index is 265. The molecule has 20 heavy (non-hydrogen) atoms. The van der Waals surface area contributed by atoms with Crippen LogP contribution in [0, 0.1) is 0 Å². The third kappa shape index (κ3) is 8.30. The van der Waals surface area contributed by atoms with Gasteiger partial charge in [0.15, 0.2) is 0 Å². The number of piperidine rings is 1. The van der Waals surface area contributed by atoms with Gasteiger partial charge in [-0.25, -0.2) is 0 Å². The molecule has 6 heteroatoms. The second kappa shape index (κ2) is 11.6. The van der Waals surface area contributed by atoms with E-state index in [1.165, 1.54) is 25.8 Å². The number of nitrogens with two attached hydrogens (primary N) is 1. The summed E-state index contributed by atoms with van der Waals surface area (Å²) in [6.07, 6.45) is 6.38. The van der Waals surface area contributed by atoms with E-state index in [0.717, 1.165) is 19.4 Å². The maximum Gasteiger partial charge on any atom is 0.222 e. The normalized spacial score (nSPS) is 20.5. The lowest BCUT2D eigenvalue weighted by Crippen LogP contribution is -2.39. The molecule has 0 radical (unpaired) electrons. The molecule has 1 aliphatic rings. The van der Waals surface area contributed by atoms with Crippen molar-refractivity contribution >= 4 is 30.7 Å². The first-order valence-electron chi connectivity index (χ1n) is 7.20. The Kier molecular flexibility index (Phi) is 12.9. The van der Waals surface area contributed by atoms with Crippen molar-refractivity contribution in [2.24, 2.45) is 5.73 Å². The predicted octanol–water partition coefficient (Wildman–Crippen LogP) is 2.29. The monoisotopic (exact) mass is 327 g/mol. The van der Waals surface area contributed by atoms with Gasteiger partial charge in [0.1, 0.15) is 0 Å². The zero-order valence-corrected chi connectivity index (χ0v) is 14.6. The van der Waals surface area contributed by atoms with Gasteiger partial charge in [-0.05, 0) is 46.2 Å². The van der Waals surface area contributed by atoms with Crippen LogP contribution in [0.2, 0.25) is 0 Å². The van der Waals surface area contributed by atoms with E-state index < -0.39 is 0 Å². The summed E-state index contributed by atoms with van der Waals surface area (Å²) in [6.45, 7) is 4.02. The molecule has 0 spiro atoms. The van der Waals surface area contributed by atoms with Gasteiger partial charge < -0.3 is 15.5 Å². The standard InChI is InChI=1S/C14H29N3O.2ClH/c1-12(15)7-8-14(18)17(3)11-9-13-6-4-5-10-16(13)2;;/h12-13H,4-11,15H2,1-3H3;2*1H. The molecule has 2 atom stereocenters. The van der Waals surface area contributed by atoms with Crippen LogP contribution >= 0.6 is 24.8 Å². The van der Waals surface area contributed by atoms with Gasteiger partial charge in [0.25, 0.3) is 0 Å². The van der Waals surface area contributed by atoms with Gasteiger partial charge in [-0.2, -0.15) is 0 Å². The van der Waals surface area contributed by atoms with Crippen molar-refractivity contribution < 1.29 is 4.79 Å². The van der Waals surface area contributed by atoms with E-state index in [-0.39, 0.29) is 36.8 Å². The lowest BCUT2D eigenvalue weighted by atomic mass is 10.00. The third-order valence-corrected chi connectivity index (χ3v) is 3.96. The minimum atomic E-state index is 0. The molecule has 0 bridgehead atoms. The minimum absolute atomic E-state index is 0. The molecule has 0 aromatic heterocycles. The van der Waals surface area contributed by atoms with Crippen LogP contribution in [0.4, 0.5) is 0 Å². The first-order valence-corrected chi connectivity index (χ1v) is 7.20. The summed E-state index contributed by atoms with van der Waals surface area (Å²) in [7, 11) is 4.11. The average Bonchev–Trinajstić information content (AvgIpc) is 2.34. The van der Waals surface area contributed by atoms with Gasteiger partial charge in [0, 0.05) is 32.1 Å². The zero-order valence-electron chi connectivity index (χ0n) is 13.0. The highest BCUT2D eigenvalue weighted by atomic mass is 35.5. The van der Waals surface area contributed by atoms with E-state index in [1.54, 1.807) is 0 Å². The van der Waals surface area contributed by atoms with Crippen LogP contribution in [0.1, 0.15) is 45.4 Å².